The molecule has 232 valence electrons. The first kappa shape index (κ1) is 32.2. The molecule has 0 amide bonds. The molecule has 5 N–H and O–H groups in total. The predicted octanol–water partition coefficient (Wildman–Crippen LogP) is 4.23. The smallest absolute Gasteiger partial charge is 0.330 e. The van der Waals surface area contributed by atoms with Crippen LogP contribution in [0.3, 0.4) is 0 Å². The summed E-state index contributed by atoms with van der Waals surface area (Å²) in [5.74, 6) is -8.36. The second-order valence-electron chi connectivity index (χ2n) is 12.6. The van der Waals surface area contributed by atoms with Crippen molar-refractivity contribution >= 4 is 29.4 Å². The number of carbonyl (C=O) groups is 4. The molecule has 0 heterocycles. The number of ketones is 3. The molecule has 0 spiro atoms. The molecule has 0 aliphatic heterocycles. The summed E-state index contributed by atoms with van der Waals surface area (Å²) in [6.45, 7) is 11.1. The van der Waals surface area contributed by atoms with Crippen molar-refractivity contribution in [3.05, 3.63) is 57.6 Å². The minimum atomic E-state index is -2.95. The summed E-state index contributed by atoms with van der Waals surface area (Å²) in [4.78, 5) is 52.9. The monoisotopic (exact) mass is 596 g/mol. The SMILES string of the molecule is CCCCOC(=O)/C=C/c1ccc(O)c2c1[C@@H](C)[C@@]1(C)C(=C(O)[C@@]3(O)C(=O)C(C(C)=O)=C(O)C(C(C)C)[C@@]3(C)[C@@H]1O)C2=O. The lowest BCUT2D eigenvalue weighted by molar-refractivity contribution is -0.211. The van der Waals surface area contributed by atoms with Gasteiger partial charge in [-0.25, -0.2) is 4.79 Å². The zero-order valence-corrected chi connectivity index (χ0v) is 25.5. The fourth-order valence-electron chi connectivity index (χ4n) is 7.71. The third-order valence-electron chi connectivity index (χ3n) is 9.99. The Kier molecular flexibility index (Phi) is 8.04. The number of hydrogen-bond acceptors (Lipinski definition) is 10. The lowest BCUT2D eigenvalue weighted by atomic mass is 9.41. The highest BCUT2D eigenvalue weighted by molar-refractivity contribution is 6.25. The molecule has 1 aromatic carbocycles. The molecule has 3 aliphatic carbocycles. The van der Waals surface area contributed by atoms with Gasteiger partial charge in [0, 0.05) is 22.8 Å². The van der Waals surface area contributed by atoms with Gasteiger partial charge in [0.1, 0.15) is 22.8 Å². The number of esters is 1. The molecule has 0 radical (unpaired) electrons. The van der Waals surface area contributed by atoms with E-state index in [1.807, 2.05) is 6.92 Å². The Morgan fingerprint density at radius 1 is 1.12 bits per heavy atom. The Bertz CT molecular complexity index is 1510. The van der Waals surface area contributed by atoms with Crippen molar-refractivity contribution in [3.8, 4) is 5.75 Å². The van der Waals surface area contributed by atoms with Crippen LogP contribution in [-0.2, 0) is 19.1 Å². The second kappa shape index (κ2) is 10.7. The summed E-state index contributed by atoms with van der Waals surface area (Å²) >= 11 is 0. The Morgan fingerprint density at radius 3 is 2.30 bits per heavy atom. The first-order chi connectivity index (χ1) is 19.9. The Balaban J connectivity index is 2.02. The van der Waals surface area contributed by atoms with Gasteiger partial charge in [-0.2, -0.15) is 0 Å². The van der Waals surface area contributed by atoms with E-state index in [0.29, 0.717) is 12.0 Å². The number of phenols is 1. The molecule has 6 atom stereocenters. The number of unbranched alkanes of at least 4 members (excludes halogenated alkanes) is 1. The molecule has 0 fully saturated rings. The largest absolute Gasteiger partial charge is 0.511 e. The van der Waals surface area contributed by atoms with Gasteiger partial charge in [-0.1, -0.05) is 54.0 Å². The van der Waals surface area contributed by atoms with Crippen LogP contribution in [0, 0.1) is 22.7 Å². The number of phenolic OH excluding ortho intramolecular Hbond substituents is 1. The average Bonchev–Trinajstić information content (AvgIpc) is 2.92. The third kappa shape index (κ3) is 4.13. The molecular formula is C33H40O10. The number of rotatable bonds is 7. The second-order valence-corrected chi connectivity index (χ2v) is 12.6. The Hall–Kier alpha value is -3.76. The van der Waals surface area contributed by atoms with E-state index in [-0.39, 0.29) is 17.7 Å². The Labute approximate surface area is 250 Å². The normalized spacial score (nSPS) is 32.2. The van der Waals surface area contributed by atoms with Gasteiger partial charge < -0.3 is 30.3 Å². The van der Waals surface area contributed by atoms with Crippen molar-refractivity contribution in [3.63, 3.8) is 0 Å². The first-order valence-corrected chi connectivity index (χ1v) is 14.5. The number of benzene rings is 1. The van der Waals surface area contributed by atoms with Gasteiger partial charge in [-0.05, 0) is 48.4 Å². The van der Waals surface area contributed by atoms with E-state index in [9.17, 15) is 44.7 Å². The van der Waals surface area contributed by atoms with Crippen molar-refractivity contribution in [1.82, 2.24) is 0 Å². The summed E-state index contributed by atoms with van der Waals surface area (Å²) < 4.78 is 5.19. The van der Waals surface area contributed by atoms with Gasteiger partial charge in [0.2, 0.25) is 5.78 Å². The minimum Gasteiger partial charge on any atom is -0.511 e. The lowest BCUT2D eigenvalue weighted by Gasteiger charge is -2.63. The standard InChI is InChI=1S/C33H40O10/c1-8-9-14-43-20(36)13-11-18-10-12-19(35)23-21(18)16(4)31(6)25(27(23)38)29(40)33(42)28(39)22(17(5)34)26(37)24(15(2)3)32(33,7)30(31)41/h10-13,15-16,24,30,35,37,40-42H,8-9,14H2,1-7H3/b13-11+/t16-,24?,30-,31+,32+,33+/m1/s1. The number of allylic oxidation sites excluding steroid dienone is 1. The molecule has 0 bridgehead atoms. The lowest BCUT2D eigenvalue weighted by Crippen LogP contribution is -2.73. The van der Waals surface area contributed by atoms with Crippen LogP contribution in [0.25, 0.3) is 6.08 Å². The third-order valence-corrected chi connectivity index (χ3v) is 9.99. The molecule has 4 rings (SSSR count). The quantitative estimate of drug-likeness (QED) is 0.132. The summed E-state index contributed by atoms with van der Waals surface area (Å²) in [6, 6.07) is 2.76. The van der Waals surface area contributed by atoms with Crippen LogP contribution < -0.4 is 0 Å². The van der Waals surface area contributed by atoms with Crippen LogP contribution in [0.15, 0.2) is 40.9 Å². The highest BCUT2D eigenvalue weighted by Crippen LogP contribution is 2.67. The number of ether oxygens (including phenoxy) is 1. The van der Waals surface area contributed by atoms with E-state index in [2.05, 4.69) is 0 Å². The van der Waals surface area contributed by atoms with Gasteiger partial charge in [0.05, 0.1) is 23.8 Å². The molecule has 43 heavy (non-hydrogen) atoms. The van der Waals surface area contributed by atoms with Crippen LogP contribution >= 0.6 is 0 Å². The fourth-order valence-corrected chi connectivity index (χ4v) is 7.71. The maximum atomic E-state index is 14.2. The number of hydrogen-bond donors (Lipinski definition) is 5. The van der Waals surface area contributed by atoms with Crippen LogP contribution in [-0.4, -0.2) is 67.2 Å². The molecule has 10 heteroatoms. The van der Waals surface area contributed by atoms with Crippen molar-refractivity contribution < 1.29 is 49.4 Å². The maximum absolute atomic E-state index is 14.2. The van der Waals surface area contributed by atoms with Crippen LogP contribution in [0.5, 0.6) is 5.75 Å². The van der Waals surface area contributed by atoms with E-state index < -0.39 is 92.0 Å². The molecule has 3 aliphatic rings. The van der Waals surface area contributed by atoms with E-state index in [4.69, 9.17) is 4.74 Å². The number of Topliss-reactive ketones (excluding diaryl/α,β-unsaturated/α-hetero) is 3. The van der Waals surface area contributed by atoms with Gasteiger partial charge in [-0.3, -0.25) is 14.4 Å². The van der Waals surface area contributed by atoms with Crippen molar-refractivity contribution in [2.75, 3.05) is 6.61 Å². The zero-order valence-electron chi connectivity index (χ0n) is 25.5. The number of aliphatic hydroxyl groups excluding tert-OH is 3. The minimum absolute atomic E-state index is 0.221. The van der Waals surface area contributed by atoms with Crippen LogP contribution in [0.2, 0.25) is 0 Å². The molecule has 1 aromatic rings. The molecular weight excluding hydrogens is 556 g/mol. The topological polar surface area (TPSA) is 179 Å². The van der Waals surface area contributed by atoms with Crippen LogP contribution in [0.1, 0.15) is 88.7 Å². The summed E-state index contributed by atoms with van der Waals surface area (Å²) in [5, 5.41) is 58.4. The van der Waals surface area contributed by atoms with Gasteiger partial charge in [0.25, 0.3) is 0 Å². The van der Waals surface area contributed by atoms with Crippen molar-refractivity contribution in [2.45, 2.75) is 78.9 Å². The number of aliphatic hydroxyl groups is 4. The van der Waals surface area contributed by atoms with E-state index in [1.165, 1.54) is 38.1 Å². The van der Waals surface area contributed by atoms with Gasteiger partial charge in [0.15, 0.2) is 17.2 Å². The average molecular weight is 597 g/mol. The Morgan fingerprint density at radius 2 is 1.74 bits per heavy atom. The highest BCUT2D eigenvalue weighted by atomic mass is 16.5. The molecule has 10 nitrogen and oxygen atoms in total. The molecule has 0 aromatic heterocycles. The van der Waals surface area contributed by atoms with Crippen LogP contribution in [0.4, 0.5) is 0 Å². The highest BCUT2D eigenvalue weighted by Gasteiger charge is 2.76. The first-order valence-electron chi connectivity index (χ1n) is 14.5. The van der Waals surface area contributed by atoms with Crippen molar-refractivity contribution in [2.24, 2.45) is 22.7 Å². The van der Waals surface area contributed by atoms with Gasteiger partial charge in [-0.15, -0.1) is 0 Å². The predicted molar refractivity (Wildman–Crippen MR) is 156 cm³/mol. The molecule has 1 unspecified atom stereocenters. The van der Waals surface area contributed by atoms with E-state index in [0.717, 1.165) is 13.3 Å². The van der Waals surface area contributed by atoms with Gasteiger partial charge >= 0.3 is 5.97 Å². The maximum Gasteiger partial charge on any atom is 0.330 e. The van der Waals surface area contributed by atoms with Crippen molar-refractivity contribution in [1.29, 1.82) is 0 Å². The summed E-state index contributed by atoms with van der Waals surface area (Å²) in [5.41, 5.74) is -7.38. The summed E-state index contributed by atoms with van der Waals surface area (Å²) in [7, 11) is 0. The number of fused-ring (bicyclic) bond motifs is 3. The zero-order chi connectivity index (χ0) is 32.4. The molecule has 0 saturated carbocycles. The molecule has 0 saturated heterocycles. The summed E-state index contributed by atoms with van der Waals surface area (Å²) in [6.07, 6.45) is 2.43. The number of aromatic hydroxyl groups is 1. The fraction of sp³-hybridized carbons (Fsp3) is 0.515. The van der Waals surface area contributed by atoms with E-state index >= 15 is 0 Å². The van der Waals surface area contributed by atoms with E-state index in [1.54, 1.807) is 20.8 Å². The number of carbonyl (C=O) groups excluding carboxylic acids is 4.